The lowest BCUT2D eigenvalue weighted by molar-refractivity contribution is -0.0638. The van der Waals surface area contributed by atoms with Crippen LogP contribution in [-0.2, 0) is 4.74 Å². The van der Waals surface area contributed by atoms with E-state index < -0.39 is 0 Å². The number of ether oxygens (including phenoxy) is 1. The number of rotatable bonds is 2. The average Bonchev–Trinajstić information content (AvgIpc) is 2.22. The first kappa shape index (κ1) is 11.4. The van der Waals surface area contributed by atoms with Crippen molar-refractivity contribution in [2.45, 2.75) is 37.9 Å². The van der Waals surface area contributed by atoms with Gasteiger partial charge in [-0.05, 0) is 46.3 Å². The molecule has 3 heteroatoms. The van der Waals surface area contributed by atoms with E-state index in [1.54, 1.807) is 0 Å². The van der Waals surface area contributed by atoms with Crippen LogP contribution in [0.5, 0.6) is 0 Å². The molecule has 0 saturated carbocycles. The van der Waals surface area contributed by atoms with Crippen LogP contribution in [0, 0.1) is 0 Å². The molecule has 2 rings (SSSR count). The Morgan fingerprint density at radius 1 is 0.867 bits per heavy atom. The molecular formula is C12H24N2O. The van der Waals surface area contributed by atoms with Gasteiger partial charge in [-0.25, -0.2) is 0 Å². The minimum atomic E-state index is 0.497. The highest BCUT2D eigenvalue weighted by atomic mass is 16.5. The Kier molecular flexibility index (Phi) is 4.00. The van der Waals surface area contributed by atoms with Crippen molar-refractivity contribution in [3.05, 3.63) is 0 Å². The molecule has 0 aromatic carbocycles. The predicted molar refractivity (Wildman–Crippen MR) is 62.1 cm³/mol. The predicted octanol–water partition coefficient (Wildman–Crippen LogP) is 1.19. The second-order valence-electron chi connectivity index (χ2n) is 5.17. The fourth-order valence-corrected chi connectivity index (χ4v) is 2.62. The fraction of sp³-hybridized carbons (Fsp3) is 1.00. The van der Waals surface area contributed by atoms with Gasteiger partial charge in [-0.3, -0.25) is 0 Å². The summed E-state index contributed by atoms with van der Waals surface area (Å²) in [6.07, 6.45) is 6.02. The Labute approximate surface area is 93.4 Å². The van der Waals surface area contributed by atoms with E-state index >= 15 is 0 Å². The molecule has 88 valence electrons. The van der Waals surface area contributed by atoms with Crippen molar-refractivity contribution in [3.8, 4) is 0 Å². The Morgan fingerprint density at radius 3 is 2.27 bits per heavy atom. The van der Waals surface area contributed by atoms with E-state index in [0.29, 0.717) is 12.2 Å². The number of likely N-dealkylation sites (tertiary alicyclic amines) is 2. The maximum Gasteiger partial charge on any atom is 0.0706 e. The molecule has 3 nitrogen and oxygen atoms in total. The Hall–Kier alpha value is -0.120. The van der Waals surface area contributed by atoms with Crippen molar-refractivity contribution in [2.24, 2.45) is 0 Å². The number of nitrogens with zero attached hydrogens (tertiary/aromatic N) is 2. The number of hydrogen-bond donors (Lipinski definition) is 0. The van der Waals surface area contributed by atoms with Crippen LogP contribution in [0.25, 0.3) is 0 Å². The molecule has 15 heavy (non-hydrogen) atoms. The molecule has 0 bridgehead atoms. The van der Waals surface area contributed by atoms with Gasteiger partial charge in [0.1, 0.15) is 0 Å². The van der Waals surface area contributed by atoms with Crippen LogP contribution in [0.1, 0.15) is 25.7 Å². The molecular weight excluding hydrogens is 188 g/mol. The lowest BCUT2D eigenvalue weighted by Gasteiger charge is -2.35. The third kappa shape index (κ3) is 3.44. The third-order valence-electron chi connectivity index (χ3n) is 3.63. The van der Waals surface area contributed by atoms with Crippen molar-refractivity contribution in [2.75, 3.05) is 40.3 Å². The topological polar surface area (TPSA) is 15.7 Å². The van der Waals surface area contributed by atoms with E-state index in [-0.39, 0.29) is 0 Å². The van der Waals surface area contributed by atoms with E-state index in [1.807, 2.05) is 0 Å². The van der Waals surface area contributed by atoms with Crippen molar-refractivity contribution < 1.29 is 4.74 Å². The van der Waals surface area contributed by atoms with Crippen LogP contribution in [-0.4, -0.2) is 62.3 Å². The smallest absolute Gasteiger partial charge is 0.0706 e. The van der Waals surface area contributed by atoms with Crippen LogP contribution >= 0.6 is 0 Å². The largest absolute Gasteiger partial charge is 0.374 e. The molecule has 1 atom stereocenters. The third-order valence-corrected chi connectivity index (χ3v) is 3.63. The summed E-state index contributed by atoms with van der Waals surface area (Å²) in [5, 5.41) is 0. The first-order valence-electron chi connectivity index (χ1n) is 6.26. The van der Waals surface area contributed by atoms with E-state index in [0.717, 1.165) is 6.54 Å². The molecule has 0 amide bonds. The van der Waals surface area contributed by atoms with Crippen LogP contribution in [0.15, 0.2) is 0 Å². The maximum atomic E-state index is 6.18. The van der Waals surface area contributed by atoms with Crippen LogP contribution < -0.4 is 0 Å². The molecule has 2 heterocycles. The molecule has 0 aromatic heterocycles. The van der Waals surface area contributed by atoms with Gasteiger partial charge in [0.05, 0.1) is 12.2 Å². The number of hydrogen-bond acceptors (Lipinski definition) is 3. The zero-order valence-electron chi connectivity index (χ0n) is 10.1. The summed E-state index contributed by atoms with van der Waals surface area (Å²) in [6.45, 7) is 4.78. The zero-order valence-corrected chi connectivity index (χ0v) is 10.1. The highest BCUT2D eigenvalue weighted by Crippen LogP contribution is 2.19. The summed E-state index contributed by atoms with van der Waals surface area (Å²) < 4.78 is 6.18. The molecule has 2 aliphatic rings. The van der Waals surface area contributed by atoms with Gasteiger partial charge in [-0.1, -0.05) is 0 Å². The van der Waals surface area contributed by atoms with Crippen molar-refractivity contribution >= 4 is 0 Å². The molecule has 0 spiro atoms. The second kappa shape index (κ2) is 5.28. The highest BCUT2D eigenvalue weighted by molar-refractivity contribution is 4.75. The summed E-state index contributed by atoms with van der Waals surface area (Å²) in [5.41, 5.74) is 0. The van der Waals surface area contributed by atoms with Gasteiger partial charge in [-0.15, -0.1) is 0 Å². The lowest BCUT2D eigenvalue weighted by atomic mass is 10.1. The van der Waals surface area contributed by atoms with Gasteiger partial charge in [0.15, 0.2) is 0 Å². The summed E-state index contributed by atoms with van der Waals surface area (Å²) in [5.74, 6) is 0. The lowest BCUT2D eigenvalue weighted by Crippen LogP contribution is -2.42. The van der Waals surface area contributed by atoms with E-state index in [1.165, 1.54) is 45.3 Å². The Bertz CT molecular complexity index is 190. The van der Waals surface area contributed by atoms with E-state index in [4.69, 9.17) is 4.74 Å². The molecule has 0 aromatic rings. The average molecular weight is 212 g/mol. The van der Waals surface area contributed by atoms with Crippen molar-refractivity contribution in [3.63, 3.8) is 0 Å². The van der Waals surface area contributed by atoms with Crippen molar-refractivity contribution in [1.29, 1.82) is 0 Å². The van der Waals surface area contributed by atoms with Gasteiger partial charge in [0, 0.05) is 19.6 Å². The van der Waals surface area contributed by atoms with Gasteiger partial charge in [0.2, 0.25) is 0 Å². The van der Waals surface area contributed by atoms with E-state index in [9.17, 15) is 0 Å². The fourth-order valence-electron chi connectivity index (χ4n) is 2.62. The summed E-state index contributed by atoms with van der Waals surface area (Å²) in [6, 6.07) is 0. The van der Waals surface area contributed by atoms with Crippen molar-refractivity contribution in [1.82, 2.24) is 9.80 Å². The highest BCUT2D eigenvalue weighted by Gasteiger charge is 2.23. The van der Waals surface area contributed by atoms with Gasteiger partial charge in [0.25, 0.3) is 0 Å². The Morgan fingerprint density at radius 2 is 1.60 bits per heavy atom. The minimum Gasteiger partial charge on any atom is -0.374 e. The zero-order chi connectivity index (χ0) is 10.7. The first-order chi connectivity index (χ1) is 7.24. The van der Waals surface area contributed by atoms with E-state index in [2.05, 4.69) is 23.9 Å². The van der Waals surface area contributed by atoms with Crippen LogP contribution in [0.3, 0.4) is 0 Å². The summed E-state index contributed by atoms with van der Waals surface area (Å²) in [4.78, 5) is 4.79. The summed E-state index contributed by atoms with van der Waals surface area (Å²) in [7, 11) is 4.40. The van der Waals surface area contributed by atoms with Gasteiger partial charge in [-0.2, -0.15) is 0 Å². The summed E-state index contributed by atoms with van der Waals surface area (Å²) >= 11 is 0. The quantitative estimate of drug-likeness (QED) is 0.684. The maximum absolute atomic E-state index is 6.18. The van der Waals surface area contributed by atoms with Gasteiger partial charge < -0.3 is 14.5 Å². The number of likely N-dealkylation sites (N-methyl/N-ethyl adjacent to an activating group) is 1. The molecule has 0 radical (unpaired) electrons. The molecule has 1 unspecified atom stereocenters. The normalized spacial score (nSPS) is 32.0. The monoisotopic (exact) mass is 212 g/mol. The molecule has 2 aliphatic heterocycles. The first-order valence-corrected chi connectivity index (χ1v) is 6.26. The van der Waals surface area contributed by atoms with Crippen LogP contribution in [0.2, 0.25) is 0 Å². The molecule has 0 aliphatic carbocycles. The minimum absolute atomic E-state index is 0.497. The Balaban J connectivity index is 1.71. The SMILES string of the molecule is CN1CCC(OC2CCCN(C)C2)CC1. The van der Waals surface area contributed by atoms with Gasteiger partial charge >= 0.3 is 0 Å². The number of piperidine rings is 2. The molecule has 2 saturated heterocycles. The van der Waals surface area contributed by atoms with Crippen LogP contribution in [0.4, 0.5) is 0 Å². The molecule has 0 N–H and O–H groups in total. The standard InChI is InChI=1S/C12H24N2O/c1-13-8-5-11(6-9-13)15-12-4-3-7-14(2)10-12/h11-12H,3-10H2,1-2H3. The second-order valence-corrected chi connectivity index (χ2v) is 5.17. The molecule has 2 fully saturated rings.